The molecule has 0 aromatic carbocycles. The summed E-state index contributed by atoms with van der Waals surface area (Å²) < 4.78 is 42.0. The summed E-state index contributed by atoms with van der Waals surface area (Å²) in [5.41, 5.74) is 2.20. The van der Waals surface area contributed by atoms with Crippen LogP contribution in [0.1, 0.15) is 385 Å². The Bertz CT molecular complexity index is 3170. The van der Waals surface area contributed by atoms with Gasteiger partial charge in [0.05, 0.1) is 83.1 Å². The Balaban J connectivity index is 0.000000207. The lowest BCUT2D eigenvalue weighted by atomic mass is 9.75. The van der Waals surface area contributed by atoms with Crippen molar-refractivity contribution >= 4 is 0 Å². The second kappa shape index (κ2) is 55.8. The maximum Gasteiger partial charge on any atom is 0.0997 e. The SMILES string of the molecule is CC(C)(C)CCN1CCC(CN2CCC(C(C)(C)C)CC2)CC1.CC(C)(C)CCN1CCC(CN2C[C@@H]3C[C@H]2CN3C(C)(C)C)CC1.CC(C)(C)OCCN1CCN(CC2CC(OC(C)(C)C)C2)CC1.CC(C)(C)OCN1CCC(CN2CCC(C(C)(C)C)CC2)CC1.CC(CN1CCN(CC2CC(OC(C)(C)C)C2)CC1)OC(C)(C)C.CC(CN1CCN(CC2CC(OC(C)(C)C)C2)CC1)OC(C)(C)C. The largest absolute Gasteiger partial charge is 0.375 e. The summed E-state index contributed by atoms with van der Waals surface area (Å²) in [7, 11) is 0. The molecule has 2 unspecified atom stereocenters. The van der Waals surface area contributed by atoms with Gasteiger partial charge < -0.3 is 67.5 Å². The highest BCUT2D eigenvalue weighted by atomic mass is 16.5. The van der Waals surface area contributed by atoms with Gasteiger partial charge in [0.1, 0.15) is 0 Å². The molecule has 13 rings (SSSR count). The number of hydrogen-bond donors (Lipinski definition) is 0. The highest BCUT2D eigenvalue weighted by Gasteiger charge is 2.48. The number of hydrogen-bond acceptors (Lipinski definition) is 20. The molecular formula is C121H241N13O7. The predicted octanol–water partition coefficient (Wildman–Crippen LogP) is 22.6. The standard InChI is InChI=1S/C21H41N3.C21H42N2.2C20H40N2O2.C20H40N2O.C19H38N2O2/c1-20(2,3)9-12-22-10-7-17(8-11-22)14-23-15-19-13-18(23)16-24(19)21(4,5)6;1-20(2,3)11-16-22-12-7-18(8-13-22)17-23-14-9-19(10-15-23)21(4,5)6;2*1-16(23-19(2,3)4)14-21-8-10-22(11-9-21)15-17-12-18(13-17)24-20(5,6)7;1-19(2,3)18-9-13-21(14-10-18)15-17-7-11-22(12-8-17)16-23-20(4,5)6;1-18(2,3)22-12-11-20-7-9-21(10-8-20)15-16-13-17(14-16)23-19(4,5)6/h17-19H,7-16H2,1-6H3;18-19H,7-17H2,1-6H3;2*16-18H,8-15H2,1-7H3;17-18H,7-16H2,1-6H3;16-17H,7-15H2,1-6H3/t18-,19-;;;;;/m0...../s1. The minimum atomic E-state index is -0.0445. The zero-order valence-corrected chi connectivity index (χ0v) is 101. The van der Waals surface area contributed by atoms with E-state index in [2.05, 4.69) is 327 Å². The molecule has 0 aromatic rings. The van der Waals surface area contributed by atoms with Crippen LogP contribution in [0.15, 0.2) is 0 Å². The monoisotopic (exact) mass is 1990 g/mol. The summed E-state index contributed by atoms with van der Waals surface area (Å²) in [6, 6.07) is 1.66. The van der Waals surface area contributed by atoms with Gasteiger partial charge in [0.2, 0.25) is 0 Å². The molecule has 0 amide bonds. The smallest absolute Gasteiger partial charge is 0.0997 e. The van der Waals surface area contributed by atoms with Crippen LogP contribution in [0.25, 0.3) is 0 Å². The van der Waals surface area contributed by atoms with Gasteiger partial charge in [-0.25, -0.2) is 0 Å². The van der Waals surface area contributed by atoms with Gasteiger partial charge >= 0.3 is 0 Å². The van der Waals surface area contributed by atoms with Crippen LogP contribution >= 0.6 is 0 Å². The molecule has 10 heterocycles. The molecule has 0 spiro atoms. The Morgan fingerprint density at radius 2 is 0.525 bits per heavy atom. The van der Waals surface area contributed by atoms with Crippen LogP contribution in [0.2, 0.25) is 0 Å². The van der Waals surface area contributed by atoms with E-state index in [4.69, 9.17) is 33.2 Å². The van der Waals surface area contributed by atoms with Crippen molar-refractivity contribution < 1.29 is 33.2 Å². The van der Waals surface area contributed by atoms with E-state index in [-0.39, 0.29) is 39.2 Å². The fourth-order valence-corrected chi connectivity index (χ4v) is 24.5. The van der Waals surface area contributed by atoms with Crippen molar-refractivity contribution in [2.45, 2.75) is 472 Å². The number of nitrogens with zero attached hydrogens (tertiary/aromatic N) is 13. The molecule has 10 saturated heterocycles. The summed E-state index contributed by atoms with van der Waals surface area (Å²) in [6.45, 7) is 130. The van der Waals surface area contributed by atoms with E-state index < -0.39 is 0 Å². The first-order valence-electron chi connectivity index (χ1n) is 59.1. The van der Waals surface area contributed by atoms with Crippen molar-refractivity contribution in [1.82, 2.24) is 63.7 Å². The quantitative estimate of drug-likeness (QED) is 0.0680. The van der Waals surface area contributed by atoms with E-state index >= 15 is 0 Å². The number of likely N-dealkylation sites (tertiary alicyclic amines) is 7. The normalized spacial score (nSPS) is 27.5. The second-order valence-electron chi connectivity index (χ2n) is 60.3. The molecule has 13 fully saturated rings. The van der Waals surface area contributed by atoms with E-state index in [9.17, 15) is 0 Å². The number of piperazine rings is 4. The van der Waals surface area contributed by atoms with E-state index in [0.29, 0.717) is 57.7 Å². The van der Waals surface area contributed by atoms with Gasteiger partial charge in [-0.15, -0.1) is 0 Å². The van der Waals surface area contributed by atoms with Gasteiger partial charge in [-0.1, -0.05) is 83.1 Å². The van der Waals surface area contributed by atoms with Crippen molar-refractivity contribution in [3.05, 3.63) is 0 Å². The Morgan fingerprint density at radius 1 is 0.248 bits per heavy atom. The first kappa shape index (κ1) is 125. The van der Waals surface area contributed by atoms with Crippen molar-refractivity contribution in [2.24, 2.45) is 69.0 Å². The third-order valence-electron chi connectivity index (χ3n) is 32.7. The number of ether oxygens (including phenoxy) is 7. The van der Waals surface area contributed by atoms with Crippen LogP contribution in [0.4, 0.5) is 0 Å². The third kappa shape index (κ3) is 52.6. The van der Waals surface area contributed by atoms with Gasteiger partial charge in [0.15, 0.2) is 0 Å². The van der Waals surface area contributed by atoms with E-state index in [1.165, 1.54) is 331 Å². The average Bonchev–Trinajstić information content (AvgIpc) is 1.62. The van der Waals surface area contributed by atoms with Gasteiger partial charge in [-0.3, -0.25) is 29.4 Å². The topological polar surface area (TPSA) is 107 Å². The number of piperidine rings is 5. The lowest BCUT2D eigenvalue weighted by Crippen LogP contribution is -2.54. The lowest BCUT2D eigenvalue weighted by molar-refractivity contribution is -0.117. The Kier molecular flexibility index (Phi) is 49.7. The first-order chi connectivity index (χ1) is 65.0. The van der Waals surface area contributed by atoms with Crippen molar-refractivity contribution in [3.8, 4) is 0 Å². The van der Waals surface area contributed by atoms with E-state index in [1.54, 1.807) is 0 Å². The van der Waals surface area contributed by atoms with Crippen LogP contribution in [-0.4, -0.2) is 393 Å². The summed E-state index contributed by atoms with van der Waals surface area (Å²) in [5, 5.41) is 0. The molecule has 832 valence electrons. The van der Waals surface area contributed by atoms with Crippen LogP contribution in [0.3, 0.4) is 0 Å². The molecule has 141 heavy (non-hydrogen) atoms. The molecule has 0 radical (unpaired) electrons. The highest BCUT2D eigenvalue weighted by Crippen LogP contribution is 2.42. The Morgan fingerprint density at radius 3 is 0.801 bits per heavy atom. The molecule has 20 nitrogen and oxygen atoms in total. The van der Waals surface area contributed by atoms with E-state index in [1.807, 2.05) is 0 Å². The number of rotatable bonds is 30. The van der Waals surface area contributed by atoms with Crippen LogP contribution in [0.5, 0.6) is 0 Å². The third-order valence-corrected chi connectivity index (χ3v) is 32.7. The maximum absolute atomic E-state index is 6.05. The first-order valence-corrected chi connectivity index (χ1v) is 59.1. The fraction of sp³-hybridized carbons (Fsp3) is 1.00. The maximum atomic E-state index is 6.05. The molecular weight excluding hydrogens is 1750 g/mol. The van der Waals surface area contributed by atoms with Crippen LogP contribution in [-0.2, 0) is 33.2 Å². The second-order valence-corrected chi connectivity index (χ2v) is 60.3. The zero-order valence-electron chi connectivity index (χ0n) is 101. The molecule has 4 atom stereocenters. The Labute approximate surface area is 875 Å². The van der Waals surface area contributed by atoms with Gasteiger partial charge in [0, 0.05) is 181 Å². The van der Waals surface area contributed by atoms with Gasteiger partial charge in [-0.2, -0.15) is 0 Å². The van der Waals surface area contributed by atoms with Gasteiger partial charge in [-0.05, 0) is 436 Å². The molecule has 20 heteroatoms. The van der Waals surface area contributed by atoms with Crippen molar-refractivity contribution in [1.29, 1.82) is 0 Å². The predicted molar refractivity (Wildman–Crippen MR) is 601 cm³/mol. The number of fused-ring (bicyclic) bond motifs is 2. The summed E-state index contributed by atoms with van der Waals surface area (Å²) >= 11 is 0. The molecule has 2 bridgehead atoms. The van der Waals surface area contributed by atoms with Crippen LogP contribution < -0.4 is 0 Å². The molecule has 0 N–H and O–H groups in total. The van der Waals surface area contributed by atoms with E-state index in [0.717, 1.165) is 92.4 Å². The van der Waals surface area contributed by atoms with Crippen LogP contribution in [0, 0.1) is 69.0 Å². The minimum absolute atomic E-state index is 0.00703. The summed E-state index contributed by atoms with van der Waals surface area (Å²) in [6.07, 6.45) is 27.6. The fourth-order valence-electron chi connectivity index (χ4n) is 24.5. The Hall–Kier alpha value is -0.800. The summed E-state index contributed by atoms with van der Waals surface area (Å²) in [4.78, 5) is 34.5. The molecule has 3 aliphatic carbocycles. The van der Waals surface area contributed by atoms with Gasteiger partial charge in [0.25, 0.3) is 0 Å². The zero-order chi connectivity index (χ0) is 105. The molecule has 10 aliphatic heterocycles. The van der Waals surface area contributed by atoms with Crippen molar-refractivity contribution in [3.63, 3.8) is 0 Å². The average molecular weight is 1990 g/mol. The molecule has 3 saturated carbocycles. The highest BCUT2D eigenvalue weighted by molar-refractivity contribution is 5.04. The van der Waals surface area contributed by atoms with Crippen molar-refractivity contribution in [2.75, 3.05) is 242 Å². The molecule has 13 aliphatic rings. The summed E-state index contributed by atoms with van der Waals surface area (Å²) in [5.74, 6) is 7.16. The molecule has 0 aromatic heterocycles. The minimum Gasteiger partial charge on any atom is -0.375 e. The lowest BCUT2D eigenvalue weighted by Gasteiger charge is -2.43.